The van der Waals surface area contributed by atoms with Crippen molar-refractivity contribution in [1.82, 2.24) is 0 Å². The van der Waals surface area contributed by atoms with Crippen molar-refractivity contribution in [1.29, 1.82) is 0 Å². The standard InChI is InChI=1S/C8H14O2S/c1-3-5-8(4-2)6-7-11(9)10/h8H,3-5H2,1-2H3,(H,9,10). The van der Waals surface area contributed by atoms with Crippen LogP contribution in [0.5, 0.6) is 0 Å². The lowest BCUT2D eigenvalue weighted by atomic mass is 10.0. The molecule has 0 aromatic heterocycles. The van der Waals surface area contributed by atoms with Gasteiger partial charge in [-0.25, -0.2) is 4.21 Å². The first-order valence-corrected chi connectivity index (χ1v) is 4.93. The molecule has 0 saturated heterocycles. The normalized spacial score (nSPS) is 14.8. The molecule has 0 rings (SSSR count). The summed E-state index contributed by atoms with van der Waals surface area (Å²) in [6, 6.07) is 0. The molecule has 0 aliphatic heterocycles. The molecule has 0 saturated carbocycles. The van der Waals surface area contributed by atoms with Crippen LogP contribution >= 0.6 is 0 Å². The Morgan fingerprint density at radius 2 is 2.18 bits per heavy atom. The minimum Gasteiger partial charge on any atom is -0.296 e. The lowest BCUT2D eigenvalue weighted by Gasteiger charge is -2.02. The lowest BCUT2D eigenvalue weighted by Crippen LogP contribution is -1.94. The second kappa shape index (κ2) is 6.38. The number of hydrogen-bond donors (Lipinski definition) is 1. The molecule has 2 nitrogen and oxygen atoms in total. The van der Waals surface area contributed by atoms with Crippen molar-refractivity contribution < 1.29 is 8.76 Å². The van der Waals surface area contributed by atoms with Gasteiger partial charge in [-0.2, -0.15) is 0 Å². The van der Waals surface area contributed by atoms with E-state index >= 15 is 0 Å². The van der Waals surface area contributed by atoms with Crippen molar-refractivity contribution in [2.24, 2.45) is 5.92 Å². The molecular formula is C8H14O2S. The second-order valence-electron chi connectivity index (χ2n) is 2.39. The lowest BCUT2D eigenvalue weighted by molar-refractivity contribution is 0.572. The maximum atomic E-state index is 10.2. The van der Waals surface area contributed by atoms with E-state index in [4.69, 9.17) is 4.55 Å². The van der Waals surface area contributed by atoms with Crippen LogP contribution in [0.15, 0.2) is 0 Å². The van der Waals surface area contributed by atoms with Crippen LogP contribution in [-0.2, 0) is 11.1 Å². The van der Waals surface area contributed by atoms with Crippen LogP contribution in [0.2, 0.25) is 0 Å². The summed E-state index contributed by atoms with van der Waals surface area (Å²) >= 11 is -1.95. The van der Waals surface area contributed by atoms with Crippen LogP contribution in [0.1, 0.15) is 33.1 Å². The fraction of sp³-hybridized carbons (Fsp3) is 0.750. The highest BCUT2D eigenvalue weighted by Crippen LogP contribution is 2.08. The molecule has 3 heteroatoms. The van der Waals surface area contributed by atoms with Crippen molar-refractivity contribution >= 4 is 11.1 Å². The molecule has 2 atom stereocenters. The zero-order valence-electron chi connectivity index (χ0n) is 6.96. The summed E-state index contributed by atoms with van der Waals surface area (Å²) in [5.74, 6) is 3.06. The van der Waals surface area contributed by atoms with Crippen LogP contribution in [-0.4, -0.2) is 8.76 Å². The molecule has 0 fully saturated rings. The van der Waals surface area contributed by atoms with Crippen molar-refractivity contribution in [3.8, 4) is 11.2 Å². The van der Waals surface area contributed by atoms with Crippen molar-refractivity contribution in [2.45, 2.75) is 33.1 Å². The van der Waals surface area contributed by atoms with Crippen molar-refractivity contribution in [3.63, 3.8) is 0 Å². The molecule has 1 N–H and O–H groups in total. The summed E-state index contributed by atoms with van der Waals surface area (Å²) < 4.78 is 18.5. The molecule has 0 radical (unpaired) electrons. The van der Waals surface area contributed by atoms with Crippen molar-refractivity contribution in [3.05, 3.63) is 0 Å². The summed E-state index contributed by atoms with van der Waals surface area (Å²) in [5, 5.41) is 2.26. The highest BCUT2D eigenvalue weighted by Gasteiger charge is 1.98. The number of rotatable bonds is 3. The molecule has 0 bridgehead atoms. The highest BCUT2D eigenvalue weighted by atomic mass is 32.2. The Bertz CT molecular complexity index is 178. The van der Waals surface area contributed by atoms with E-state index in [1.807, 2.05) is 6.92 Å². The van der Waals surface area contributed by atoms with E-state index in [0.29, 0.717) is 0 Å². The van der Waals surface area contributed by atoms with Gasteiger partial charge in [-0.3, -0.25) is 4.55 Å². The predicted molar refractivity (Wildman–Crippen MR) is 47.2 cm³/mol. The summed E-state index contributed by atoms with van der Waals surface area (Å²) in [7, 11) is 0. The van der Waals surface area contributed by atoms with E-state index in [0.717, 1.165) is 19.3 Å². The molecule has 0 heterocycles. The molecule has 11 heavy (non-hydrogen) atoms. The number of hydrogen-bond acceptors (Lipinski definition) is 1. The molecule has 0 aromatic carbocycles. The first-order valence-electron chi connectivity index (χ1n) is 3.82. The van der Waals surface area contributed by atoms with Gasteiger partial charge in [0.1, 0.15) is 0 Å². The summed E-state index contributed by atoms with van der Waals surface area (Å²) in [6.07, 6.45) is 3.05. The van der Waals surface area contributed by atoms with E-state index in [1.54, 1.807) is 0 Å². The SMILES string of the molecule is CCCC(C#CS(=O)O)CC. The highest BCUT2D eigenvalue weighted by molar-refractivity contribution is 7.84. The van der Waals surface area contributed by atoms with Gasteiger partial charge in [0.15, 0.2) is 0 Å². The molecule has 64 valence electrons. The van der Waals surface area contributed by atoms with E-state index in [9.17, 15) is 4.21 Å². The Kier molecular flexibility index (Phi) is 6.19. The summed E-state index contributed by atoms with van der Waals surface area (Å²) in [5.41, 5.74) is 0. The van der Waals surface area contributed by atoms with Gasteiger partial charge in [-0.1, -0.05) is 26.2 Å². The van der Waals surface area contributed by atoms with Crippen LogP contribution in [0.3, 0.4) is 0 Å². The topological polar surface area (TPSA) is 37.3 Å². The molecule has 2 unspecified atom stereocenters. The van der Waals surface area contributed by atoms with Gasteiger partial charge in [0.05, 0.1) is 0 Å². The van der Waals surface area contributed by atoms with E-state index in [-0.39, 0.29) is 5.92 Å². The fourth-order valence-electron chi connectivity index (χ4n) is 0.861. The molecule has 0 aromatic rings. The van der Waals surface area contributed by atoms with Gasteiger partial charge in [0.25, 0.3) is 0 Å². The maximum Gasteiger partial charge on any atom is 0.233 e. The first-order chi connectivity index (χ1) is 5.20. The zero-order chi connectivity index (χ0) is 8.69. The quantitative estimate of drug-likeness (QED) is 0.525. The van der Waals surface area contributed by atoms with E-state index < -0.39 is 11.1 Å². The van der Waals surface area contributed by atoms with Crippen molar-refractivity contribution in [2.75, 3.05) is 0 Å². The first kappa shape index (κ1) is 10.7. The Morgan fingerprint density at radius 1 is 1.55 bits per heavy atom. The maximum absolute atomic E-state index is 10.2. The average molecular weight is 174 g/mol. The average Bonchev–Trinajstić information content (AvgIpc) is 1.97. The smallest absolute Gasteiger partial charge is 0.233 e. The molecule has 0 aliphatic rings. The predicted octanol–water partition coefficient (Wildman–Crippen LogP) is 2.00. The minimum absolute atomic E-state index is 0.288. The molecule has 0 aliphatic carbocycles. The van der Waals surface area contributed by atoms with Crippen LogP contribution < -0.4 is 0 Å². The second-order valence-corrected chi connectivity index (χ2v) is 3.09. The monoisotopic (exact) mass is 174 g/mol. The van der Waals surface area contributed by atoms with E-state index in [2.05, 4.69) is 18.1 Å². The largest absolute Gasteiger partial charge is 0.296 e. The van der Waals surface area contributed by atoms with Gasteiger partial charge >= 0.3 is 0 Å². The van der Waals surface area contributed by atoms with Gasteiger partial charge in [0, 0.05) is 11.2 Å². The van der Waals surface area contributed by atoms with E-state index in [1.165, 1.54) is 0 Å². The van der Waals surface area contributed by atoms with Gasteiger partial charge in [0.2, 0.25) is 11.1 Å². The Balaban J connectivity index is 3.88. The molecule has 0 amide bonds. The third-order valence-electron chi connectivity index (χ3n) is 1.48. The Labute approximate surface area is 70.7 Å². The molecular weight excluding hydrogens is 160 g/mol. The van der Waals surface area contributed by atoms with Gasteiger partial charge < -0.3 is 0 Å². The third kappa shape index (κ3) is 6.08. The van der Waals surface area contributed by atoms with Gasteiger partial charge in [-0.15, -0.1) is 0 Å². The Morgan fingerprint density at radius 3 is 2.55 bits per heavy atom. The molecule has 0 spiro atoms. The third-order valence-corrected chi connectivity index (χ3v) is 1.77. The van der Waals surface area contributed by atoms with Gasteiger partial charge in [-0.05, 0) is 12.8 Å². The van der Waals surface area contributed by atoms with Crippen LogP contribution in [0, 0.1) is 17.1 Å². The zero-order valence-corrected chi connectivity index (χ0v) is 7.78. The fourth-order valence-corrected chi connectivity index (χ4v) is 1.13. The van der Waals surface area contributed by atoms with Crippen LogP contribution in [0.4, 0.5) is 0 Å². The summed E-state index contributed by atoms with van der Waals surface area (Å²) in [6.45, 7) is 4.12. The van der Waals surface area contributed by atoms with Crippen LogP contribution in [0.25, 0.3) is 0 Å². The minimum atomic E-state index is -1.95. The summed E-state index contributed by atoms with van der Waals surface area (Å²) in [4.78, 5) is 0. The Hall–Kier alpha value is -0.330.